The Morgan fingerprint density at radius 2 is 1.74 bits per heavy atom. The zero-order chi connectivity index (χ0) is 22.6. The van der Waals surface area contributed by atoms with Gasteiger partial charge in [-0.1, -0.05) is 35.4 Å². The maximum absolute atomic E-state index is 12.6. The van der Waals surface area contributed by atoms with E-state index >= 15 is 0 Å². The van der Waals surface area contributed by atoms with Crippen molar-refractivity contribution in [3.05, 3.63) is 92.5 Å². The van der Waals surface area contributed by atoms with E-state index in [0.717, 1.165) is 22.8 Å². The second-order valence-corrected chi connectivity index (χ2v) is 8.90. The molecule has 10 heteroatoms. The molecular weight excluding hydrogens is 440 g/mol. The molecule has 0 saturated heterocycles. The van der Waals surface area contributed by atoms with Crippen molar-refractivity contribution in [2.45, 2.75) is 18.7 Å². The van der Waals surface area contributed by atoms with Crippen molar-refractivity contribution < 1.29 is 13.3 Å². The number of aryl methyl sites for hydroxylation is 2. The van der Waals surface area contributed by atoms with Gasteiger partial charge in [0.15, 0.2) is 0 Å². The number of rotatable bonds is 7. The van der Waals surface area contributed by atoms with Gasteiger partial charge >= 0.3 is 0 Å². The summed E-state index contributed by atoms with van der Waals surface area (Å²) in [5, 5.41) is 16.0. The minimum absolute atomic E-state index is 0.0662. The standard InChI is InChI=1S/C21H19ClN4O4S/c1-14-3-4-16(15(2)11-14)13-23-24-20-10-9-19(12-21(20)26(27)28)31(29,30)25-18-7-5-17(22)6-8-18/h3-13,24-25H,1-2H3. The monoisotopic (exact) mass is 458 g/mol. The van der Waals surface area contributed by atoms with E-state index in [2.05, 4.69) is 15.2 Å². The van der Waals surface area contributed by atoms with Gasteiger partial charge in [0, 0.05) is 16.8 Å². The van der Waals surface area contributed by atoms with Crippen LogP contribution in [-0.4, -0.2) is 19.6 Å². The summed E-state index contributed by atoms with van der Waals surface area (Å²) < 4.78 is 27.6. The Morgan fingerprint density at radius 1 is 1.03 bits per heavy atom. The summed E-state index contributed by atoms with van der Waals surface area (Å²) in [6.45, 7) is 3.91. The lowest BCUT2D eigenvalue weighted by Gasteiger charge is -2.09. The largest absolute Gasteiger partial charge is 0.295 e. The molecule has 2 N–H and O–H groups in total. The van der Waals surface area contributed by atoms with E-state index in [-0.39, 0.29) is 16.3 Å². The number of sulfonamides is 1. The van der Waals surface area contributed by atoms with Crippen LogP contribution in [0.5, 0.6) is 0 Å². The van der Waals surface area contributed by atoms with Gasteiger partial charge < -0.3 is 0 Å². The fourth-order valence-corrected chi connectivity index (χ4v) is 4.00. The molecule has 0 radical (unpaired) electrons. The highest BCUT2D eigenvalue weighted by atomic mass is 35.5. The molecule has 0 heterocycles. The predicted octanol–water partition coefficient (Wildman–Crippen LogP) is 5.11. The first-order valence-electron chi connectivity index (χ1n) is 9.09. The third-order valence-electron chi connectivity index (χ3n) is 4.39. The molecule has 0 bridgehead atoms. The Kier molecular flexibility index (Phi) is 6.57. The lowest BCUT2D eigenvalue weighted by molar-refractivity contribution is -0.384. The minimum atomic E-state index is -4.04. The summed E-state index contributed by atoms with van der Waals surface area (Å²) in [4.78, 5) is 10.6. The van der Waals surface area contributed by atoms with Gasteiger partial charge in [-0.3, -0.25) is 20.3 Å². The van der Waals surface area contributed by atoms with E-state index in [9.17, 15) is 18.5 Å². The Morgan fingerprint density at radius 3 is 2.39 bits per heavy atom. The van der Waals surface area contributed by atoms with Crippen LogP contribution in [0.25, 0.3) is 0 Å². The molecule has 3 aromatic rings. The smallest absolute Gasteiger partial charge is 0.280 e. The van der Waals surface area contributed by atoms with Gasteiger partial charge in [-0.25, -0.2) is 8.42 Å². The van der Waals surface area contributed by atoms with Gasteiger partial charge in [0.2, 0.25) is 0 Å². The maximum atomic E-state index is 12.6. The molecule has 0 fully saturated rings. The van der Waals surface area contributed by atoms with E-state index in [1.54, 1.807) is 6.21 Å². The minimum Gasteiger partial charge on any atom is -0.280 e. The highest BCUT2D eigenvalue weighted by Crippen LogP contribution is 2.29. The molecule has 8 nitrogen and oxygen atoms in total. The topological polar surface area (TPSA) is 114 Å². The van der Waals surface area contributed by atoms with Crippen LogP contribution in [-0.2, 0) is 10.0 Å². The zero-order valence-corrected chi connectivity index (χ0v) is 18.2. The van der Waals surface area contributed by atoms with Crippen LogP contribution in [0.3, 0.4) is 0 Å². The van der Waals surface area contributed by atoms with Gasteiger partial charge in [0.1, 0.15) is 5.69 Å². The molecule has 0 saturated carbocycles. The quantitative estimate of drug-likeness (QED) is 0.290. The van der Waals surface area contributed by atoms with E-state index < -0.39 is 20.6 Å². The Balaban J connectivity index is 1.84. The average Bonchev–Trinajstić information content (AvgIpc) is 2.71. The van der Waals surface area contributed by atoms with Crippen molar-refractivity contribution in [3.63, 3.8) is 0 Å². The second-order valence-electron chi connectivity index (χ2n) is 6.78. The van der Waals surface area contributed by atoms with Gasteiger partial charge in [-0.15, -0.1) is 0 Å². The van der Waals surface area contributed by atoms with Crippen LogP contribution >= 0.6 is 11.6 Å². The van der Waals surface area contributed by atoms with Crippen LogP contribution in [0.15, 0.2) is 70.7 Å². The average molecular weight is 459 g/mol. The third-order valence-corrected chi connectivity index (χ3v) is 6.02. The van der Waals surface area contributed by atoms with E-state index in [1.165, 1.54) is 36.4 Å². The molecule has 0 atom stereocenters. The molecule has 31 heavy (non-hydrogen) atoms. The summed E-state index contributed by atoms with van der Waals surface area (Å²) >= 11 is 5.80. The van der Waals surface area contributed by atoms with Crippen LogP contribution < -0.4 is 10.1 Å². The summed E-state index contributed by atoms with van der Waals surface area (Å²) in [6.07, 6.45) is 1.55. The molecule has 3 aromatic carbocycles. The molecule has 0 unspecified atom stereocenters. The fourth-order valence-electron chi connectivity index (χ4n) is 2.80. The number of anilines is 2. The van der Waals surface area contributed by atoms with Crippen LogP contribution in [0, 0.1) is 24.0 Å². The number of hydrogen-bond donors (Lipinski definition) is 2. The summed E-state index contributed by atoms with van der Waals surface area (Å²) in [7, 11) is -4.04. The number of nitrogens with one attached hydrogen (secondary N) is 2. The van der Waals surface area contributed by atoms with Gasteiger partial charge in [0.25, 0.3) is 15.7 Å². The van der Waals surface area contributed by atoms with Crippen LogP contribution in [0.2, 0.25) is 5.02 Å². The molecule has 160 valence electrons. The molecule has 0 aromatic heterocycles. The lowest BCUT2D eigenvalue weighted by atomic mass is 10.1. The van der Waals surface area contributed by atoms with Gasteiger partial charge in [0.05, 0.1) is 16.0 Å². The highest BCUT2D eigenvalue weighted by molar-refractivity contribution is 7.92. The zero-order valence-electron chi connectivity index (χ0n) is 16.7. The first-order valence-corrected chi connectivity index (χ1v) is 10.9. The SMILES string of the molecule is Cc1ccc(C=NNc2ccc(S(=O)(=O)Nc3ccc(Cl)cc3)cc2[N+](=O)[O-])c(C)c1. The summed E-state index contributed by atoms with van der Waals surface area (Å²) in [5.74, 6) is 0. The number of nitrogens with zero attached hydrogens (tertiary/aromatic N) is 2. The second kappa shape index (κ2) is 9.15. The van der Waals surface area contributed by atoms with Crippen molar-refractivity contribution in [3.8, 4) is 0 Å². The van der Waals surface area contributed by atoms with Gasteiger partial charge in [-0.2, -0.15) is 5.10 Å². The first kappa shape index (κ1) is 22.3. The normalized spacial score (nSPS) is 11.5. The van der Waals surface area contributed by atoms with E-state index in [1.807, 2.05) is 32.0 Å². The molecule has 0 amide bonds. The Labute approximate surface area is 184 Å². The van der Waals surface area contributed by atoms with Gasteiger partial charge in [-0.05, 0) is 61.4 Å². The number of hydrogen-bond acceptors (Lipinski definition) is 6. The molecule has 0 aliphatic heterocycles. The fraction of sp³-hybridized carbons (Fsp3) is 0.0952. The van der Waals surface area contributed by atoms with Crippen molar-refractivity contribution in [1.29, 1.82) is 0 Å². The highest BCUT2D eigenvalue weighted by Gasteiger charge is 2.21. The van der Waals surface area contributed by atoms with E-state index in [4.69, 9.17) is 11.6 Å². The van der Waals surface area contributed by atoms with E-state index in [0.29, 0.717) is 5.02 Å². The third kappa shape index (κ3) is 5.59. The van der Waals surface area contributed by atoms with Crippen molar-refractivity contribution >= 4 is 44.9 Å². The number of nitro benzene ring substituents is 1. The van der Waals surface area contributed by atoms with Crippen molar-refractivity contribution in [1.82, 2.24) is 0 Å². The molecule has 0 aliphatic carbocycles. The summed E-state index contributed by atoms with van der Waals surface area (Å²) in [5.41, 5.74) is 5.52. The summed E-state index contributed by atoms with van der Waals surface area (Å²) in [6, 6.07) is 15.4. The molecule has 3 rings (SSSR count). The Bertz CT molecular complexity index is 1260. The molecule has 0 spiro atoms. The van der Waals surface area contributed by atoms with Crippen LogP contribution in [0.1, 0.15) is 16.7 Å². The number of hydrazone groups is 1. The Hall–Kier alpha value is -3.43. The predicted molar refractivity (Wildman–Crippen MR) is 122 cm³/mol. The first-order chi connectivity index (χ1) is 14.7. The molecule has 0 aliphatic rings. The lowest BCUT2D eigenvalue weighted by Crippen LogP contribution is -2.13. The number of nitro groups is 1. The maximum Gasteiger partial charge on any atom is 0.295 e. The van der Waals surface area contributed by atoms with Crippen LogP contribution in [0.4, 0.5) is 17.1 Å². The van der Waals surface area contributed by atoms with Crippen molar-refractivity contribution in [2.75, 3.05) is 10.1 Å². The molecular formula is C21H19ClN4O4S. The van der Waals surface area contributed by atoms with Crippen molar-refractivity contribution in [2.24, 2.45) is 5.10 Å². The number of halogens is 1. The number of benzene rings is 3.